The van der Waals surface area contributed by atoms with Crippen LogP contribution in [0, 0.1) is 0 Å². The zero-order valence-corrected chi connectivity index (χ0v) is 10.6. The van der Waals surface area contributed by atoms with Crippen molar-refractivity contribution in [1.29, 1.82) is 0 Å². The van der Waals surface area contributed by atoms with Gasteiger partial charge in [-0.3, -0.25) is 0 Å². The van der Waals surface area contributed by atoms with Crippen LogP contribution in [0.3, 0.4) is 0 Å². The average Bonchev–Trinajstić information content (AvgIpc) is 2.28. The Hall–Kier alpha value is -0.500. The molecule has 0 bridgehead atoms. The number of hydrogen-bond acceptors (Lipinski definition) is 1. The van der Waals surface area contributed by atoms with Crippen molar-refractivity contribution in [2.45, 2.75) is 25.7 Å². The zero-order valence-electron chi connectivity index (χ0n) is 9.13. The molecule has 0 spiro atoms. The van der Waals surface area contributed by atoms with E-state index in [1.165, 1.54) is 0 Å². The highest BCUT2D eigenvalue weighted by Crippen LogP contribution is 2.23. The minimum Gasteiger partial charge on any atom is -0.396 e. The van der Waals surface area contributed by atoms with Gasteiger partial charge in [0.2, 0.25) is 0 Å². The van der Waals surface area contributed by atoms with Gasteiger partial charge in [0.05, 0.1) is 10.0 Å². The van der Waals surface area contributed by atoms with Gasteiger partial charge >= 0.3 is 0 Å². The van der Waals surface area contributed by atoms with Gasteiger partial charge in [0, 0.05) is 6.61 Å². The SMILES string of the molecule is OCCCCCC=Cc1ccc(Cl)c(Cl)c1. The van der Waals surface area contributed by atoms with E-state index in [1.807, 2.05) is 18.2 Å². The number of hydrogen-bond donors (Lipinski definition) is 1. The van der Waals surface area contributed by atoms with Crippen LogP contribution in [0.5, 0.6) is 0 Å². The molecule has 0 radical (unpaired) electrons. The summed E-state index contributed by atoms with van der Waals surface area (Å²) in [7, 11) is 0. The van der Waals surface area contributed by atoms with Crippen molar-refractivity contribution in [2.75, 3.05) is 6.61 Å². The van der Waals surface area contributed by atoms with E-state index in [-0.39, 0.29) is 6.61 Å². The fourth-order valence-corrected chi connectivity index (χ4v) is 1.69. The lowest BCUT2D eigenvalue weighted by Crippen LogP contribution is -1.81. The molecule has 0 fully saturated rings. The topological polar surface area (TPSA) is 20.2 Å². The van der Waals surface area contributed by atoms with Gasteiger partial charge in [-0.25, -0.2) is 0 Å². The molecular weight excluding hydrogens is 243 g/mol. The van der Waals surface area contributed by atoms with Crippen LogP contribution in [0.15, 0.2) is 24.3 Å². The number of allylic oxidation sites excluding steroid dienone is 1. The molecule has 0 aliphatic carbocycles. The van der Waals surface area contributed by atoms with Crippen LogP contribution >= 0.6 is 23.2 Å². The molecule has 1 rings (SSSR count). The summed E-state index contributed by atoms with van der Waals surface area (Å²) in [6.07, 6.45) is 8.26. The monoisotopic (exact) mass is 258 g/mol. The van der Waals surface area contributed by atoms with E-state index in [4.69, 9.17) is 28.3 Å². The molecule has 0 saturated carbocycles. The van der Waals surface area contributed by atoms with Crippen LogP contribution in [0.2, 0.25) is 10.0 Å². The summed E-state index contributed by atoms with van der Waals surface area (Å²) in [5.41, 5.74) is 1.07. The standard InChI is InChI=1S/C13H16Cl2O/c14-12-8-7-11(10-13(12)15)6-4-2-1-3-5-9-16/h4,6-8,10,16H,1-3,5,9H2. The van der Waals surface area contributed by atoms with E-state index in [1.54, 1.807) is 6.07 Å². The Morgan fingerprint density at radius 1 is 1.06 bits per heavy atom. The highest BCUT2D eigenvalue weighted by atomic mass is 35.5. The van der Waals surface area contributed by atoms with Crippen LogP contribution in [-0.4, -0.2) is 11.7 Å². The molecule has 0 aromatic heterocycles. The predicted molar refractivity (Wildman–Crippen MR) is 71.0 cm³/mol. The first-order valence-electron chi connectivity index (χ1n) is 5.46. The quantitative estimate of drug-likeness (QED) is 0.742. The normalized spacial score (nSPS) is 11.2. The van der Waals surface area contributed by atoms with Crippen molar-refractivity contribution in [2.24, 2.45) is 0 Å². The molecule has 0 unspecified atom stereocenters. The third-order valence-corrected chi connectivity index (χ3v) is 3.02. The lowest BCUT2D eigenvalue weighted by atomic mass is 10.1. The first-order valence-corrected chi connectivity index (χ1v) is 6.22. The number of halogens is 2. The van der Waals surface area contributed by atoms with Crippen molar-refractivity contribution in [1.82, 2.24) is 0 Å². The molecule has 1 N–H and O–H groups in total. The maximum atomic E-state index is 8.61. The second kappa shape index (κ2) is 7.72. The van der Waals surface area contributed by atoms with Gasteiger partial charge < -0.3 is 5.11 Å². The lowest BCUT2D eigenvalue weighted by Gasteiger charge is -1.98. The number of benzene rings is 1. The van der Waals surface area contributed by atoms with Crippen molar-refractivity contribution < 1.29 is 5.11 Å². The molecule has 88 valence electrons. The number of unbranched alkanes of at least 4 members (excludes halogenated alkanes) is 3. The average molecular weight is 259 g/mol. The summed E-state index contributed by atoms with van der Waals surface area (Å²) in [5.74, 6) is 0. The van der Waals surface area contributed by atoms with Gasteiger partial charge in [-0.1, -0.05) is 47.8 Å². The first kappa shape index (κ1) is 13.6. The number of rotatable bonds is 6. The van der Waals surface area contributed by atoms with E-state index >= 15 is 0 Å². The maximum Gasteiger partial charge on any atom is 0.0598 e. The third-order valence-electron chi connectivity index (χ3n) is 2.28. The summed E-state index contributed by atoms with van der Waals surface area (Å²) >= 11 is 11.7. The molecule has 1 aromatic carbocycles. The Kier molecular flexibility index (Phi) is 6.55. The Balaban J connectivity index is 2.35. The largest absolute Gasteiger partial charge is 0.396 e. The predicted octanol–water partition coefficient (Wildman–Crippen LogP) is 4.56. The summed E-state index contributed by atoms with van der Waals surface area (Å²) in [6, 6.07) is 5.60. The third kappa shape index (κ3) is 5.02. The summed E-state index contributed by atoms with van der Waals surface area (Å²) in [6.45, 7) is 0.288. The smallest absolute Gasteiger partial charge is 0.0598 e. The Morgan fingerprint density at radius 3 is 2.56 bits per heavy atom. The van der Waals surface area contributed by atoms with Crippen LogP contribution in [-0.2, 0) is 0 Å². The Labute approximate surface area is 107 Å². The van der Waals surface area contributed by atoms with Gasteiger partial charge in [0.25, 0.3) is 0 Å². The second-order valence-electron chi connectivity index (χ2n) is 3.65. The van der Waals surface area contributed by atoms with Gasteiger partial charge in [0.1, 0.15) is 0 Å². The van der Waals surface area contributed by atoms with Gasteiger partial charge in [0.15, 0.2) is 0 Å². The molecular formula is C13H16Cl2O. The van der Waals surface area contributed by atoms with E-state index < -0.39 is 0 Å². The van der Waals surface area contributed by atoms with Crippen molar-refractivity contribution in [3.8, 4) is 0 Å². The summed E-state index contributed by atoms with van der Waals surface area (Å²) in [4.78, 5) is 0. The van der Waals surface area contributed by atoms with Crippen molar-refractivity contribution in [3.05, 3.63) is 39.9 Å². The second-order valence-corrected chi connectivity index (χ2v) is 4.46. The highest BCUT2D eigenvalue weighted by molar-refractivity contribution is 6.42. The fourth-order valence-electron chi connectivity index (χ4n) is 1.39. The Morgan fingerprint density at radius 2 is 1.88 bits per heavy atom. The van der Waals surface area contributed by atoms with E-state index in [0.29, 0.717) is 10.0 Å². The van der Waals surface area contributed by atoms with Gasteiger partial charge in [-0.05, 0) is 37.0 Å². The maximum absolute atomic E-state index is 8.61. The number of aliphatic hydroxyl groups is 1. The minimum absolute atomic E-state index is 0.288. The van der Waals surface area contributed by atoms with Gasteiger partial charge in [-0.2, -0.15) is 0 Å². The van der Waals surface area contributed by atoms with Crippen LogP contribution in [0.25, 0.3) is 6.08 Å². The Bertz CT molecular complexity index is 348. The van der Waals surface area contributed by atoms with Crippen LogP contribution < -0.4 is 0 Å². The zero-order chi connectivity index (χ0) is 11.8. The van der Waals surface area contributed by atoms with E-state index in [0.717, 1.165) is 31.2 Å². The molecule has 0 aliphatic heterocycles. The minimum atomic E-state index is 0.288. The van der Waals surface area contributed by atoms with E-state index in [9.17, 15) is 0 Å². The lowest BCUT2D eigenvalue weighted by molar-refractivity contribution is 0.283. The molecule has 1 nitrogen and oxygen atoms in total. The van der Waals surface area contributed by atoms with Crippen molar-refractivity contribution in [3.63, 3.8) is 0 Å². The van der Waals surface area contributed by atoms with Gasteiger partial charge in [-0.15, -0.1) is 0 Å². The first-order chi connectivity index (χ1) is 7.74. The summed E-state index contributed by atoms with van der Waals surface area (Å²) in [5, 5.41) is 9.78. The molecule has 16 heavy (non-hydrogen) atoms. The summed E-state index contributed by atoms with van der Waals surface area (Å²) < 4.78 is 0. The molecule has 0 saturated heterocycles. The molecule has 0 amide bonds. The highest BCUT2D eigenvalue weighted by Gasteiger charge is 1.96. The van der Waals surface area contributed by atoms with Crippen LogP contribution in [0.1, 0.15) is 31.2 Å². The molecule has 3 heteroatoms. The van der Waals surface area contributed by atoms with Crippen molar-refractivity contribution >= 4 is 29.3 Å². The fraction of sp³-hybridized carbons (Fsp3) is 0.385. The molecule has 0 aliphatic rings. The molecule has 0 heterocycles. The van der Waals surface area contributed by atoms with Crippen LogP contribution in [0.4, 0.5) is 0 Å². The van der Waals surface area contributed by atoms with E-state index in [2.05, 4.69) is 6.08 Å². The molecule has 0 atom stereocenters. The number of aliphatic hydroxyl groups excluding tert-OH is 1. The molecule has 1 aromatic rings.